The topological polar surface area (TPSA) is 20.2 Å². The first kappa shape index (κ1) is 11.2. The lowest BCUT2D eigenvalue weighted by Crippen LogP contribution is -2.30. The molecule has 1 atom stereocenters. The summed E-state index contributed by atoms with van der Waals surface area (Å²) >= 11 is 0. The van der Waals surface area contributed by atoms with Crippen LogP contribution in [0.4, 0.5) is 0 Å². The lowest BCUT2D eigenvalue weighted by Gasteiger charge is -2.23. The van der Waals surface area contributed by atoms with Gasteiger partial charge in [-0.1, -0.05) is 18.2 Å². The fraction of sp³-hybridized carbons (Fsp3) is 0.385. The van der Waals surface area contributed by atoms with Crippen LogP contribution < -0.4 is 5.32 Å². The lowest BCUT2D eigenvalue weighted by molar-refractivity contribution is 0.266. The predicted molar refractivity (Wildman–Crippen MR) is 68.4 cm³/mol. The van der Waals surface area contributed by atoms with Crippen molar-refractivity contribution >= 4 is 10.9 Å². The highest BCUT2D eigenvalue weighted by molar-refractivity contribution is 5.84. The van der Waals surface area contributed by atoms with Crippen molar-refractivity contribution in [2.24, 2.45) is 7.05 Å². The van der Waals surface area contributed by atoms with Crippen molar-refractivity contribution in [1.29, 1.82) is 0 Å². The Morgan fingerprint density at radius 2 is 1.94 bits per heavy atom. The van der Waals surface area contributed by atoms with Gasteiger partial charge in [0, 0.05) is 29.7 Å². The van der Waals surface area contributed by atoms with Crippen molar-refractivity contribution in [2.75, 3.05) is 21.1 Å². The molecule has 0 saturated heterocycles. The summed E-state index contributed by atoms with van der Waals surface area (Å²) in [7, 11) is 8.26. The number of nitrogens with one attached hydrogen (secondary N) is 1. The summed E-state index contributed by atoms with van der Waals surface area (Å²) in [6.45, 7) is 0. The Balaban J connectivity index is 2.60. The summed E-state index contributed by atoms with van der Waals surface area (Å²) in [4.78, 5) is 2.18. The average Bonchev–Trinajstić information content (AvgIpc) is 2.58. The first-order valence-electron chi connectivity index (χ1n) is 5.53. The molecule has 1 aromatic carbocycles. The molecule has 2 rings (SSSR count). The second-order valence-corrected chi connectivity index (χ2v) is 4.37. The summed E-state index contributed by atoms with van der Waals surface area (Å²) in [6.07, 6.45) is 2.46. The van der Waals surface area contributed by atoms with Crippen LogP contribution in [0.3, 0.4) is 0 Å². The molecule has 1 heterocycles. The van der Waals surface area contributed by atoms with Gasteiger partial charge >= 0.3 is 0 Å². The molecule has 0 aliphatic rings. The lowest BCUT2D eigenvalue weighted by atomic mass is 10.1. The summed E-state index contributed by atoms with van der Waals surface area (Å²) in [5.41, 5.74) is 2.60. The van der Waals surface area contributed by atoms with E-state index < -0.39 is 0 Å². The average molecular weight is 217 g/mol. The fourth-order valence-corrected chi connectivity index (χ4v) is 2.28. The van der Waals surface area contributed by atoms with Gasteiger partial charge in [-0.3, -0.25) is 4.90 Å². The van der Waals surface area contributed by atoms with Crippen LogP contribution in [0.1, 0.15) is 11.7 Å². The molecular formula is C13H19N3. The van der Waals surface area contributed by atoms with Crippen molar-refractivity contribution in [3.8, 4) is 0 Å². The highest BCUT2D eigenvalue weighted by atomic mass is 15.2. The number of hydrogen-bond acceptors (Lipinski definition) is 2. The maximum Gasteiger partial charge on any atom is 0.0874 e. The van der Waals surface area contributed by atoms with Gasteiger partial charge in [-0.05, 0) is 27.2 Å². The molecule has 2 aromatic rings. The molecule has 0 amide bonds. The zero-order chi connectivity index (χ0) is 11.7. The zero-order valence-electron chi connectivity index (χ0n) is 10.4. The summed E-state index contributed by atoms with van der Waals surface area (Å²) in [5, 5.41) is 4.65. The second-order valence-electron chi connectivity index (χ2n) is 4.37. The minimum Gasteiger partial charge on any atom is -0.350 e. The molecule has 1 N–H and O–H groups in total. The number of aryl methyl sites for hydroxylation is 1. The van der Waals surface area contributed by atoms with Crippen molar-refractivity contribution in [2.45, 2.75) is 6.17 Å². The molecule has 3 nitrogen and oxygen atoms in total. The van der Waals surface area contributed by atoms with Gasteiger partial charge < -0.3 is 9.88 Å². The van der Waals surface area contributed by atoms with E-state index in [2.05, 4.69) is 66.4 Å². The van der Waals surface area contributed by atoms with Gasteiger partial charge in [0.15, 0.2) is 0 Å². The number of para-hydroxylation sites is 1. The third kappa shape index (κ3) is 1.72. The number of fused-ring (bicyclic) bond motifs is 1. The van der Waals surface area contributed by atoms with Crippen LogP contribution in [0, 0.1) is 0 Å². The number of hydrogen-bond donors (Lipinski definition) is 1. The van der Waals surface area contributed by atoms with E-state index in [-0.39, 0.29) is 6.17 Å². The largest absolute Gasteiger partial charge is 0.350 e. The molecule has 0 aliphatic carbocycles. The molecule has 0 saturated carbocycles. The fourth-order valence-electron chi connectivity index (χ4n) is 2.28. The molecule has 0 fully saturated rings. The monoisotopic (exact) mass is 217 g/mol. The van der Waals surface area contributed by atoms with Gasteiger partial charge in [0.05, 0.1) is 6.17 Å². The van der Waals surface area contributed by atoms with Gasteiger partial charge in [0.25, 0.3) is 0 Å². The Morgan fingerprint density at radius 3 is 2.56 bits per heavy atom. The molecule has 3 heteroatoms. The molecule has 16 heavy (non-hydrogen) atoms. The normalized spacial score (nSPS) is 13.6. The molecule has 0 radical (unpaired) electrons. The van der Waals surface area contributed by atoms with Crippen molar-refractivity contribution in [3.05, 3.63) is 36.0 Å². The van der Waals surface area contributed by atoms with E-state index in [1.54, 1.807) is 0 Å². The quantitative estimate of drug-likeness (QED) is 0.793. The first-order valence-corrected chi connectivity index (χ1v) is 5.53. The zero-order valence-corrected chi connectivity index (χ0v) is 10.4. The van der Waals surface area contributed by atoms with Crippen LogP contribution in [-0.4, -0.2) is 30.6 Å². The van der Waals surface area contributed by atoms with Crippen LogP contribution in [0.2, 0.25) is 0 Å². The van der Waals surface area contributed by atoms with Gasteiger partial charge in [-0.15, -0.1) is 0 Å². The molecule has 0 spiro atoms. The van der Waals surface area contributed by atoms with E-state index in [4.69, 9.17) is 0 Å². The standard InChI is InChI=1S/C13H19N3/c1-14-13(15(2)3)11-9-16(4)12-8-6-5-7-10(11)12/h5-9,13-14H,1-4H3. The maximum absolute atomic E-state index is 3.34. The minimum atomic E-state index is 0.256. The van der Waals surface area contributed by atoms with Gasteiger partial charge in [0.2, 0.25) is 0 Å². The summed E-state index contributed by atoms with van der Waals surface area (Å²) < 4.78 is 2.18. The maximum atomic E-state index is 3.34. The van der Waals surface area contributed by atoms with E-state index in [9.17, 15) is 0 Å². The van der Waals surface area contributed by atoms with Crippen molar-refractivity contribution < 1.29 is 0 Å². The van der Waals surface area contributed by atoms with E-state index >= 15 is 0 Å². The van der Waals surface area contributed by atoms with Crippen LogP contribution in [0.5, 0.6) is 0 Å². The minimum absolute atomic E-state index is 0.256. The van der Waals surface area contributed by atoms with Gasteiger partial charge in [-0.2, -0.15) is 0 Å². The molecule has 86 valence electrons. The Hall–Kier alpha value is -1.32. The van der Waals surface area contributed by atoms with E-state index in [0.717, 1.165) is 0 Å². The second kappa shape index (κ2) is 4.28. The molecule has 1 aromatic heterocycles. The number of aromatic nitrogens is 1. The number of nitrogens with zero attached hydrogens (tertiary/aromatic N) is 2. The van der Waals surface area contributed by atoms with Gasteiger partial charge in [0.1, 0.15) is 0 Å². The van der Waals surface area contributed by atoms with Crippen LogP contribution in [0.15, 0.2) is 30.5 Å². The number of rotatable bonds is 3. The molecule has 0 aliphatic heterocycles. The van der Waals surface area contributed by atoms with Crippen molar-refractivity contribution in [3.63, 3.8) is 0 Å². The summed E-state index contributed by atoms with van der Waals surface area (Å²) in [6, 6.07) is 8.50. The SMILES string of the molecule is CNC(c1cn(C)c2ccccc12)N(C)C. The van der Waals surface area contributed by atoms with E-state index in [1.165, 1.54) is 16.5 Å². The predicted octanol–water partition coefficient (Wildman–Crippen LogP) is 1.96. The Bertz CT molecular complexity index is 485. The Kier molecular flexibility index (Phi) is 2.99. The van der Waals surface area contributed by atoms with Crippen LogP contribution in [-0.2, 0) is 7.05 Å². The first-order chi connectivity index (χ1) is 7.65. The third-order valence-corrected chi connectivity index (χ3v) is 3.01. The Morgan fingerprint density at radius 1 is 1.25 bits per heavy atom. The van der Waals surface area contributed by atoms with E-state index in [1.807, 2.05) is 7.05 Å². The Labute approximate surface area is 96.7 Å². The van der Waals surface area contributed by atoms with Crippen LogP contribution >= 0.6 is 0 Å². The highest BCUT2D eigenvalue weighted by Crippen LogP contribution is 2.26. The molecule has 0 bridgehead atoms. The molecular weight excluding hydrogens is 198 g/mol. The van der Waals surface area contributed by atoms with Gasteiger partial charge in [-0.25, -0.2) is 0 Å². The molecule has 1 unspecified atom stereocenters. The smallest absolute Gasteiger partial charge is 0.0874 e. The summed E-state index contributed by atoms with van der Waals surface area (Å²) in [5.74, 6) is 0. The number of benzene rings is 1. The highest BCUT2D eigenvalue weighted by Gasteiger charge is 2.16. The third-order valence-electron chi connectivity index (χ3n) is 3.01. The van der Waals surface area contributed by atoms with Crippen molar-refractivity contribution in [1.82, 2.24) is 14.8 Å². The van der Waals surface area contributed by atoms with Crippen LogP contribution in [0.25, 0.3) is 10.9 Å². The van der Waals surface area contributed by atoms with E-state index in [0.29, 0.717) is 0 Å².